The molecular formula is C14H20N2O5S. The van der Waals surface area contributed by atoms with Crippen molar-refractivity contribution in [1.82, 2.24) is 9.62 Å². The quantitative estimate of drug-likeness (QED) is 0.741. The third kappa shape index (κ3) is 4.28. The molecule has 0 radical (unpaired) electrons. The van der Waals surface area contributed by atoms with Gasteiger partial charge < -0.3 is 10.1 Å². The van der Waals surface area contributed by atoms with Crippen molar-refractivity contribution in [2.75, 3.05) is 26.7 Å². The molecule has 0 aliphatic carbocycles. The number of hydrogen-bond donors (Lipinski definition) is 1. The maximum Gasteiger partial charge on any atom is 0.338 e. The molecule has 0 aliphatic heterocycles. The smallest absolute Gasteiger partial charge is 0.338 e. The first kappa shape index (κ1) is 18.1. The van der Waals surface area contributed by atoms with Gasteiger partial charge in [-0.25, -0.2) is 13.2 Å². The largest absolute Gasteiger partial charge is 0.452 e. The summed E-state index contributed by atoms with van der Waals surface area (Å²) >= 11 is 0. The van der Waals surface area contributed by atoms with Gasteiger partial charge in [0.1, 0.15) is 0 Å². The van der Waals surface area contributed by atoms with E-state index in [-0.39, 0.29) is 10.5 Å². The van der Waals surface area contributed by atoms with Gasteiger partial charge in [0.15, 0.2) is 6.61 Å². The number of sulfonamides is 1. The summed E-state index contributed by atoms with van der Waals surface area (Å²) in [5.41, 5.74) is 0.0807. The summed E-state index contributed by atoms with van der Waals surface area (Å²) < 4.78 is 30.9. The summed E-state index contributed by atoms with van der Waals surface area (Å²) in [5, 5.41) is 2.32. The maximum absolute atomic E-state index is 12.4. The molecule has 0 aromatic heterocycles. The molecule has 1 aromatic carbocycles. The zero-order chi connectivity index (χ0) is 16.8. The standard InChI is InChI=1S/C14H20N2O5S/c1-4-16(5-2)22(19,20)12-8-6-7-11(9-12)14(18)21-10-13(17)15-3/h6-9H,4-5,10H2,1-3H3,(H,15,17). The second kappa shape index (κ2) is 7.90. The topological polar surface area (TPSA) is 92.8 Å². The van der Waals surface area contributed by atoms with Gasteiger partial charge in [-0.15, -0.1) is 0 Å². The number of nitrogens with zero attached hydrogens (tertiary/aromatic N) is 1. The fourth-order valence-corrected chi connectivity index (χ4v) is 3.29. The van der Waals surface area contributed by atoms with E-state index in [9.17, 15) is 18.0 Å². The van der Waals surface area contributed by atoms with Crippen LogP contribution in [0.4, 0.5) is 0 Å². The number of hydrogen-bond acceptors (Lipinski definition) is 5. The van der Waals surface area contributed by atoms with Crippen molar-refractivity contribution in [3.8, 4) is 0 Å². The third-order valence-electron chi connectivity index (χ3n) is 3.03. The highest BCUT2D eigenvalue weighted by Gasteiger charge is 2.22. The van der Waals surface area contributed by atoms with E-state index in [2.05, 4.69) is 5.32 Å². The summed E-state index contributed by atoms with van der Waals surface area (Å²) in [5.74, 6) is -1.19. The predicted molar refractivity (Wildman–Crippen MR) is 80.9 cm³/mol. The molecular weight excluding hydrogens is 308 g/mol. The first-order chi connectivity index (χ1) is 10.4. The van der Waals surface area contributed by atoms with Gasteiger partial charge in [-0.1, -0.05) is 19.9 Å². The van der Waals surface area contributed by atoms with E-state index in [1.807, 2.05) is 0 Å². The van der Waals surface area contributed by atoms with E-state index in [0.29, 0.717) is 13.1 Å². The lowest BCUT2D eigenvalue weighted by Gasteiger charge is -2.18. The summed E-state index contributed by atoms with van der Waals surface area (Å²) in [6, 6.07) is 5.57. The molecule has 122 valence electrons. The van der Waals surface area contributed by atoms with Crippen LogP contribution in [0.25, 0.3) is 0 Å². The lowest BCUT2D eigenvalue weighted by Crippen LogP contribution is -2.30. The average molecular weight is 328 g/mol. The van der Waals surface area contributed by atoms with Crippen molar-refractivity contribution in [2.45, 2.75) is 18.7 Å². The van der Waals surface area contributed by atoms with Gasteiger partial charge in [0, 0.05) is 20.1 Å². The molecule has 1 aromatic rings. The molecule has 0 atom stereocenters. The molecule has 0 bridgehead atoms. The van der Waals surface area contributed by atoms with Gasteiger partial charge in [-0.3, -0.25) is 4.79 Å². The monoisotopic (exact) mass is 328 g/mol. The van der Waals surface area contributed by atoms with E-state index < -0.39 is 28.5 Å². The maximum atomic E-state index is 12.4. The Morgan fingerprint density at radius 2 is 1.86 bits per heavy atom. The number of nitrogens with one attached hydrogen (secondary N) is 1. The van der Waals surface area contributed by atoms with Crippen LogP contribution in [0.15, 0.2) is 29.2 Å². The summed E-state index contributed by atoms with van der Waals surface area (Å²) in [4.78, 5) is 22.9. The zero-order valence-electron chi connectivity index (χ0n) is 12.8. The number of likely N-dealkylation sites (N-methyl/N-ethyl adjacent to an activating group) is 1. The fourth-order valence-electron chi connectivity index (χ4n) is 1.78. The molecule has 22 heavy (non-hydrogen) atoms. The molecule has 0 spiro atoms. The van der Waals surface area contributed by atoms with E-state index in [1.54, 1.807) is 13.8 Å². The van der Waals surface area contributed by atoms with Crippen LogP contribution in [0.3, 0.4) is 0 Å². The highest BCUT2D eigenvalue weighted by atomic mass is 32.2. The van der Waals surface area contributed by atoms with E-state index >= 15 is 0 Å². The first-order valence-corrected chi connectivity index (χ1v) is 8.28. The second-order valence-electron chi connectivity index (χ2n) is 4.37. The molecule has 0 saturated carbocycles. The Morgan fingerprint density at radius 3 is 2.41 bits per heavy atom. The van der Waals surface area contributed by atoms with E-state index in [1.165, 1.54) is 35.6 Å². The predicted octanol–water partition coefficient (Wildman–Crippen LogP) is 0.620. The minimum atomic E-state index is -3.65. The van der Waals surface area contributed by atoms with Crippen LogP contribution in [-0.2, 0) is 19.6 Å². The SMILES string of the molecule is CCN(CC)S(=O)(=O)c1cccc(C(=O)OCC(=O)NC)c1. The molecule has 0 saturated heterocycles. The van der Waals surface area contributed by atoms with Crippen molar-refractivity contribution in [2.24, 2.45) is 0 Å². The lowest BCUT2D eigenvalue weighted by molar-refractivity contribution is -0.123. The normalized spacial score (nSPS) is 11.3. The van der Waals surface area contributed by atoms with E-state index in [4.69, 9.17) is 4.74 Å². The highest BCUT2D eigenvalue weighted by Crippen LogP contribution is 2.17. The van der Waals surface area contributed by atoms with E-state index in [0.717, 1.165) is 0 Å². The number of rotatable bonds is 7. The Morgan fingerprint density at radius 1 is 1.23 bits per heavy atom. The van der Waals surface area contributed by atoms with Crippen LogP contribution in [-0.4, -0.2) is 51.3 Å². The van der Waals surface area contributed by atoms with Crippen LogP contribution in [0.5, 0.6) is 0 Å². The van der Waals surface area contributed by atoms with Crippen molar-refractivity contribution in [3.63, 3.8) is 0 Å². The van der Waals surface area contributed by atoms with Gasteiger partial charge in [-0.2, -0.15) is 4.31 Å². The molecule has 1 N–H and O–H groups in total. The number of benzene rings is 1. The number of ether oxygens (including phenoxy) is 1. The van der Waals surface area contributed by atoms with Crippen LogP contribution in [0.1, 0.15) is 24.2 Å². The summed E-state index contributed by atoms with van der Waals surface area (Å²) in [6.07, 6.45) is 0. The summed E-state index contributed by atoms with van der Waals surface area (Å²) in [6.45, 7) is 3.74. The Labute approximate surface area is 130 Å². The fraction of sp³-hybridized carbons (Fsp3) is 0.429. The second-order valence-corrected chi connectivity index (χ2v) is 6.30. The molecule has 8 heteroatoms. The summed E-state index contributed by atoms with van der Waals surface area (Å²) in [7, 11) is -2.22. The van der Waals surface area contributed by atoms with Crippen LogP contribution >= 0.6 is 0 Å². The van der Waals surface area contributed by atoms with Gasteiger partial charge in [0.2, 0.25) is 10.0 Å². The average Bonchev–Trinajstić information content (AvgIpc) is 2.53. The minimum Gasteiger partial charge on any atom is -0.452 e. The Hall–Kier alpha value is -1.93. The number of carbonyl (C=O) groups excluding carboxylic acids is 2. The van der Waals surface area contributed by atoms with Crippen LogP contribution in [0.2, 0.25) is 0 Å². The Balaban J connectivity index is 2.99. The number of esters is 1. The van der Waals surface area contributed by atoms with Gasteiger partial charge >= 0.3 is 5.97 Å². The zero-order valence-corrected chi connectivity index (χ0v) is 13.6. The Kier molecular flexibility index (Phi) is 6.51. The van der Waals surface area contributed by atoms with Crippen LogP contribution < -0.4 is 5.32 Å². The number of amides is 1. The van der Waals surface area contributed by atoms with Crippen LogP contribution in [0, 0.1) is 0 Å². The molecule has 0 heterocycles. The molecule has 1 rings (SSSR count). The first-order valence-electron chi connectivity index (χ1n) is 6.84. The van der Waals surface area contributed by atoms with Crippen molar-refractivity contribution in [1.29, 1.82) is 0 Å². The minimum absolute atomic E-state index is 0.0191. The molecule has 0 unspecified atom stereocenters. The molecule has 1 amide bonds. The molecule has 0 fully saturated rings. The van der Waals surface area contributed by atoms with Crippen molar-refractivity contribution >= 4 is 21.9 Å². The van der Waals surface area contributed by atoms with Crippen molar-refractivity contribution in [3.05, 3.63) is 29.8 Å². The van der Waals surface area contributed by atoms with Gasteiger partial charge in [-0.05, 0) is 18.2 Å². The lowest BCUT2D eigenvalue weighted by atomic mass is 10.2. The molecule has 7 nitrogen and oxygen atoms in total. The Bertz CT molecular complexity index is 638. The van der Waals surface area contributed by atoms with Crippen molar-refractivity contribution < 1.29 is 22.7 Å². The van der Waals surface area contributed by atoms with Gasteiger partial charge in [0.25, 0.3) is 5.91 Å². The van der Waals surface area contributed by atoms with Gasteiger partial charge in [0.05, 0.1) is 10.5 Å². The number of carbonyl (C=O) groups is 2. The third-order valence-corrected chi connectivity index (χ3v) is 5.07. The highest BCUT2D eigenvalue weighted by molar-refractivity contribution is 7.89. The molecule has 0 aliphatic rings.